The smallest absolute Gasteiger partial charge is 0.305 e. The van der Waals surface area contributed by atoms with Gasteiger partial charge in [0.1, 0.15) is 5.78 Å². The zero-order chi connectivity index (χ0) is 13.4. The van der Waals surface area contributed by atoms with Gasteiger partial charge in [0.15, 0.2) is 0 Å². The van der Waals surface area contributed by atoms with Crippen molar-refractivity contribution in [1.82, 2.24) is 0 Å². The molecule has 104 valence electrons. The number of carbonyl (C=O) groups is 2. The van der Waals surface area contributed by atoms with Gasteiger partial charge in [0.2, 0.25) is 0 Å². The Morgan fingerprint density at radius 3 is 2.44 bits per heavy atom. The first kappa shape index (κ1) is 15.2. The lowest BCUT2D eigenvalue weighted by Crippen LogP contribution is -2.33. The summed E-state index contributed by atoms with van der Waals surface area (Å²) in [5.74, 6) is 0.240. The number of ether oxygens (including phenoxy) is 1. The molecule has 0 radical (unpaired) electrons. The topological polar surface area (TPSA) is 43.4 Å². The van der Waals surface area contributed by atoms with Gasteiger partial charge in [-0.05, 0) is 19.3 Å². The van der Waals surface area contributed by atoms with Crippen LogP contribution in [0.1, 0.15) is 71.6 Å². The highest BCUT2D eigenvalue weighted by atomic mass is 16.5. The maximum absolute atomic E-state index is 11.4. The van der Waals surface area contributed by atoms with Crippen LogP contribution >= 0.6 is 0 Å². The summed E-state index contributed by atoms with van der Waals surface area (Å²) in [6.07, 6.45) is 8.23. The van der Waals surface area contributed by atoms with Crippen molar-refractivity contribution >= 4 is 11.8 Å². The van der Waals surface area contributed by atoms with Crippen LogP contribution in [0.15, 0.2) is 0 Å². The van der Waals surface area contributed by atoms with Gasteiger partial charge in [-0.2, -0.15) is 0 Å². The van der Waals surface area contributed by atoms with Crippen molar-refractivity contribution in [3.05, 3.63) is 0 Å². The molecular formula is C15H26O3. The average molecular weight is 254 g/mol. The Labute approximate surface area is 110 Å². The fraction of sp³-hybridized carbons (Fsp3) is 0.867. The Morgan fingerprint density at radius 2 is 1.89 bits per heavy atom. The molecule has 0 aromatic carbocycles. The second kappa shape index (κ2) is 7.55. The Hall–Kier alpha value is -0.860. The summed E-state index contributed by atoms with van der Waals surface area (Å²) in [6.45, 7) is 4.52. The summed E-state index contributed by atoms with van der Waals surface area (Å²) in [4.78, 5) is 22.7. The summed E-state index contributed by atoms with van der Waals surface area (Å²) in [5, 5.41) is 0. The molecule has 1 rings (SSSR count). The van der Waals surface area contributed by atoms with Gasteiger partial charge in [-0.3, -0.25) is 9.59 Å². The van der Waals surface area contributed by atoms with E-state index in [9.17, 15) is 9.59 Å². The second-order valence-corrected chi connectivity index (χ2v) is 5.51. The molecule has 1 aliphatic rings. The van der Waals surface area contributed by atoms with Crippen molar-refractivity contribution in [3.63, 3.8) is 0 Å². The molecule has 0 aromatic heterocycles. The van der Waals surface area contributed by atoms with Gasteiger partial charge in [-0.15, -0.1) is 0 Å². The molecule has 3 heteroatoms. The lowest BCUT2D eigenvalue weighted by molar-refractivity contribution is -0.148. The standard InChI is InChI=1S/C15H26O3/c1-3-5-6-9-15(12-18-14(17)4-2)10-7-13(16)8-11-15/h3-12H2,1-2H3. The van der Waals surface area contributed by atoms with E-state index in [1.807, 2.05) is 6.92 Å². The predicted molar refractivity (Wildman–Crippen MR) is 71.3 cm³/mol. The van der Waals surface area contributed by atoms with Crippen LogP contribution in [0.4, 0.5) is 0 Å². The van der Waals surface area contributed by atoms with Gasteiger partial charge in [-0.25, -0.2) is 0 Å². The summed E-state index contributed by atoms with van der Waals surface area (Å²) >= 11 is 0. The van der Waals surface area contributed by atoms with Crippen LogP contribution in [0.3, 0.4) is 0 Å². The number of hydrogen-bond donors (Lipinski definition) is 0. The molecule has 3 nitrogen and oxygen atoms in total. The van der Waals surface area contributed by atoms with E-state index < -0.39 is 0 Å². The third-order valence-electron chi connectivity index (χ3n) is 4.01. The van der Waals surface area contributed by atoms with Crippen molar-refractivity contribution in [1.29, 1.82) is 0 Å². The number of hydrogen-bond acceptors (Lipinski definition) is 3. The number of rotatable bonds is 7. The van der Waals surface area contributed by atoms with E-state index in [1.165, 1.54) is 19.3 Å². The largest absolute Gasteiger partial charge is 0.465 e. The quantitative estimate of drug-likeness (QED) is 0.514. The zero-order valence-corrected chi connectivity index (χ0v) is 11.8. The first-order valence-electron chi connectivity index (χ1n) is 7.29. The maximum atomic E-state index is 11.4. The zero-order valence-electron chi connectivity index (χ0n) is 11.8. The molecule has 0 heterocycles. The second-order valence-electron chi connectivity index (χ2n) is 5.51. The summed E-state index contributed by atoms with van der Waals surface area (Å²) in [7, 11) is 0. The number of ketones is 1. The molecule has 0 unspecified atom stereocenters. The number of Topliss-reactive ketones (excluding diaryl/α,β-unsaturated/α-hetero) is 1. The van der Waals surface area contributed by atoms with Gasteiger partial charge in [0.25, 0.3) is 0 Å². The molecule has 0 aromatic rings. The Kier molecular flexibility index (Phi) is 6.37. The van der Waals surface area contributed by atoms with Crippen LogP contribution in [0, 0.1) is 5.41 Å². The van der Waals surface area contributed by atoms with E-state index in [1.54, 1.807) is 0 Å². The van der Waals surface area contributed by atoms with Crippen molar-refractivity contribution in [3.8, 4) is 0 Å². The number of carbonyl (C=O) groups excluding carboxylic acids is 2. The van der Waals surface area contributed by atoms with Crippen LogP contribution in [-0.2, 0) is 14.3 Å². The molecule has 18 heavy (non-hydrogen) atoms. The minimum absolute atomic E-state index is 0.0773. The normalized spacial score (nSPS) is 18.7. The van der Waals surface area contributed by atoms with Crippen molar-refractivity contribution in [2.45, 2.75) is 71.6 Å². The summed E-state index contributed by atoms with van der Waals surface area (Å²) < 4.78 is 5.35. The number of esters is 1. The Bertz CT molecular complexity index is 273. The van der Waals surface area contributed by atoms with Gasteiger partial charge >= 0.3 is 5.97 Å². The van der Waals surface area contributed by atoms with E-state index in [0.29, 0.717) is 31.7 Å². The number of unbranched alkanes of at least 4 members (excludes halogenated alkanes) is 2. The van der Waals surface area contributed by atoms with Crippen LogP contribution in [0.5, 0.6) is 0 Å². The van der Waals surface area contributed by atoms with E-state index in [0.717, 1.165) is 19.3 Å². The molecule has 0 amide bonds. The SMILES string of the molecule is CCCCCC1(COC(=O)CC)CCC(=O)CC1. The monoisotopic (exact) mass is 254 g/mol. The van der Waals surface area contributed by atoms with Crippen LogP contribution < -0.4 is 0 Å². The summed E-state index contributed by atoms with van der Waals surface area (Å²) in [5.41, 5.74) is 0.0773. The molecule has 0 saturated heterocycles. The molecule has 1 fully saturated rings. The lowest BCUT2D eigenvalue weighted by atomic mass is 9.71. The van der Waals surface area contributed by atoms with Gasteiger partial charge in [-0.1, -0.05) is 33.1 Å². The molecule has 0 bridgehead atoms. The molecule has 0 N–H and O–H groups in total. The molecule has 0 atom stereocenters. The molecule has 0 spiro atoms. The Morgan fingerprint density at radius 1 is 1.22 bits per heavy atom. The molecule has 1 aliphatic carbocycles. The molecular weight excluding hydrogens is 228 g/mol. The highest BCUT2D eigenvalue weighted by Crippen LogP contribution is 2.40. The van der Waals surface area contributed by atoms with Crippen LogP contribution in [-0.4, -0.2) is 18.4 Å². The van der Waals surface area contributed by atoms with E-state index >= 15 is 0 Å². The van der Waals surface area contributed by atoms with E-state index in [4.69, 9.17) is 4.74 Å². The molecule has 1 saturated carbocycles. The molecule has 0 aliphatic heterocycles. The highest BCUT2D eigenvalue weighted by molar-refractivity contribution is 5.79. The van der Waals surface area contributed by atoms with Gasteiger partial charge in [0, 0.05) is 24.7 Å². The fourth-order valence-corrected chi connectivity index (χ4v) is 2.61. The summed E-state index contributed by atoms with van der Waals surface area (Å²) in [6, 6.07) is 0. The van der Waals surface area contributed by atoms with Crippen molar-refractivity contribution < 1.29 is 14.3 Å². The van der Waals surface area contributed by atoms with E-state index in [-0.39, 0.29) is 11.4 Å². The lowest BCUT2D eigenvalue weighted by Gasteiger charge is -2.36. The van der Waals surface area contributed by atoms with Crippen molar-refractivity contribution in [2.75, 3.05) is 6.61 Å². The van der Waals surface area contributed by atoms with Gasteiger partial charge in [0.05, 0.1) is 6.61 Å². The highest BCUT2D eigenvalue weighted by Gasteiger charge is 2.35. The first-order chi connectivity index (χ1) is 8.62. The minimum Gasteiger partial charge on any atom is -0.465 e. The fourth-order valence-electron chi connectivity index (χ4n) is 2.61. The van der Waals surface area contributed by atoms with Crippen molar-refractivity contribution in [2.24, 2.45) is 5.41 Å². The van der Waals surface area contributed by atoms with E-state index in [2.05, 4.69) is 6.92 Å². The first-order valence-corrected chi connectivity index (χ1v) is 7.29. The van der Waals surface area contributed by atoms with Crippen LogP contribution in [0.25, 0.3) is 0 Å². The maximum Gasteiger partial charge on any atom is 0.305 e. The average Bonchev–Trinajstić information content (AvgIpc) is 2.39. The van der Waals surface area contributed by atoms with Crippen LogP contribution in [0.2, 0.25) is 0 Å². The minimum atomic E-state index is -0.123. The van der Waals surface area contributed by atoms with Gasteiger partial charge < -0.3 is 4.74 Å². The predicted octanol–water partition coefficient (Wildman–Crippen LogP) is 3.65. The Balaban J connectivity index is 2.50. The third kappa shape index (κ3) is 4.79. The third-order valence-corrected chi connectivity index (χ3v) is 4.01.